The van der Waals surface area contributed by atoms with Crippen LogP contribution < -0.4 is 5.32 Å². The number of ether oxygens (including phenoxy) is 1. The van der Waals surface area contributed by atoms with Crippen LogP contribution in [0.2, 0.25) is 0 Å². The normalized spacial score (nSPS) is 19.3. The maximum absolute atomic E-state index is 5.48. The number of hydrogen-bond donors (Lipinski definition) is 1. The fourth-order valence-electron chi connectivity index (χ4n) is 2.24. The molecule has 0 spiro atoms. The summed E-state index contributed by atoms with van der Waals surface area (Å²) in [6, 6.07) is 12.3. The summed E-state index contributed by atoms with van der Waals surface area (Å²) < 4.78 is 5.48. The molecule has 0 radical (unpaired) electrons. The molecular formula is C15H17N3O. The van der Waals surface area contributed by atoms with Gasteiger partial charge in [-0.05, 0) is 13.0 Å². The summed E-state index contributed by atoms with van der Waals surface area (Å²) in [6.45, 7) is 4.25. The molecule has 4 heteroatoms. The Morgan fingerprint density at radius 2 is 2.05 bits per heavy atom. The van der Waals surface area contributed by atoms with Gasteiger partial charge in [0.2, 0.25) is 0 Å². The minimum atomic E-state index is 0.0936. The predicted octanol–water partition coefficient (Wildman–Crippen LogP) is 2.11. The van der Waals surface area contributed by atoms with Gasteiger partial charge in [-0.3, -0.25) is 0 Å². The third-order valence-corrected chi connectivity index (χ3v) is 3.17. The monoisotopic (exact) mass is 255 g/mol. The third-order valence-electron chi connectivity index (χ3n) is 3.17. The Hall–Kier alpha value is -1.78. The van der Waals surface area contributed by atoms with Crippen LogP contribution in [0.5, 0.6) is 0 Å². The first-order valence-corrected chi connectivity index (χ1v) is 6.55. The molecule has 1 aliphatic rings. The Kier molecular flexibility index (Phi) is 3.53. The van der Waals surface area contributed by atoms with Crippen LogP contribution in [0.1, 0.15) is 17.6 Å². The van der Waals surface area contributed by atoms with E-state index in [1.54, 1.807) is 0 Å². The van der Waals surface area contributed by atoms with Crippen LogP contribution in [0.15, 0.2) is 36.4 Å². The van der Waals surface area contributed by atoms with E-state index in [1.807, 2.05) is 31.2 Å². The highest BCUT2D eigenvalue weighted by Gasteiger charge is 2.19. The lowest BCUT2D eigenvalue weighted by atomic mass is 10.1. The Bertz CT molecular complexity index is 551. The number of aryl methyl sites for hydroxylation is 1. The van der Waals surface area contributed by atoms with Crippen molar-refractivity contribution < 1.29 is 4.74 Å². The molecule has 1 unspecified atom stereocenters. The largest absolute Gasteiger partial charge is 0.378 e. The van der Waals surface area contributed by atoms with Gasteiger partial charge >= 0.3 is 0 Å². The number of nitrogens with zero attached hydrogens (tertiary/aromatic N) is 2. The maximum atomic E-state index is 5.48. The molecule has 2 heterocycles. The average molecular weight is 255 g/mol. The van der Waals surface area contributed by atoms with Gasteiger partial charge in [-0.2, -0.15) is 0 Å². The van der Waals surface area contributed by atoms with E-state index in [1.165, 1.54) is 0 Å². The lowest BCUT2D eigenvalue weighted by Crippen LogP contribution is -2.35. The Morgan fingerprint density at radius 1 is 1.21 bits per heavy atom. The Labute approximate surface area is 112 Å². The quantitative estimate of drug-likeness (QED) is 0.893. The van der Waals surface area contributed by atoms with Crippen LogP contribution in [0.3, 0.4) is 0 Å². The van der Waals surface area contributed by atoms with Gasteiger partial charge in [0.05, 0.1) is 24.9 Å². The summed E-state index contributed by atoms with van der Waals surface area (Å²) in [5, 5.41) is 3.39. The van der Waals surface area contributed by atoms with Crippen molar-refractivity contribution in [1.82, 2.24) is 15.3 Å². The molecule has 0 bridgehead atoms. The molecule has 1 fully saturated rings. The van der Waals surface area contributed by atoms with E-state index in [2.05, 4.69) is 27.4 Å². The number of hydrogen-bond acceptors (Lipinski definition) is 4. The molecule has 2 aromatic rings. The van der Waals surface area contributed by atoms with Crippen LogP contribution in [-0.4, -0.2) is 29.7 Å². The molecule has 3 rings (SSSR count). The van der Waals surface area contributed by atoms with Crippen molar-refractivity contribution in [2.75, 3.05) is 19.8 Å². The summed E-state index contributed by atoms with van der Waals surface area (Å²) in [5.41, 5.74) is 3.07. The van der Waals surface area contributed by atoms with Crippen molar-refractivity contribution in [2.45, 2.75) is 13.0 Å². The summed E-state index contributed by atoms with van der Waals surface area (Å²) in [7, 11) is 0. The number of benzene rings is 1. The van der Waals surface area contributed by atoms with Gasteiger partial charge in [-0.15, -0.1) is 0 Å². The minimum Gasteiger partial charge on any atom is -0.378 e. The number of aromatic nitrogens is 2. The molecule has 0 amide bonds. The van der Waals surface area contributed by atoms with Crippen LogP contribution in [0.25, 0.3) is 11.3 Å². The van der Waals surface area contributed by atoms with E-state index in [0.29, 0.717) is 6.61 Å². The average Bonchev–Trinajstić information content (AvgIpc) is 2.48. The van der Waals surface area contributed by atoms with Gasteiger partial charge in [-0.25, -0.2) is 9.97 Å². The highest BCUT2D eigenvalue weighted by atomic mass is 16.5. The number of morpholine rings is 1. The molecule has 1 aromatic carbocycles. The molecule has 1 atom stereocenters. The molecule has 19 heavy (non-hydrogen) atoms. The first-order chi connectivity index (χ1) is 9.33. The summed E-state index contributed by atoms with van der Waals surface area (Å²) >= 11 is 0. The predicted molar refractivity (Wildman–Crippen MR) is 73.8 cm³/mol. The van der Waals surface area contributed by atoms with Gasteiger partial charge in [-0.1, -0.05) is 30.3 Å². The smallest absolute Gasteiger partial charge is 0.148 e. The van der Waals surface area contributed by atoms with E-state index < -0.39 is 0 Å². The lowest BCUT2D eigenvalue weighted by molar-refractivity contribution is 0.0742. The lowest BCUT2D eigenvalue weighted by Gasteiger charge is -2.23. The molecule has 1 saturated heterocycles. The Morgan fingerprint density at radius 3 is 2.79 bits per heavy atom. The van der Waals surface area contributed by atoms with E-state index in [0.717, 1.165) is 35.9 Å². The van der Waals surface area contributed by atoms with E-state index >= 15 is 0 Å². The SMILES string of the molecule is Cc1cc(-c2ccccc2)nc(C2COCCN2)n1. The molecule has 0 aliphatic carbocycles. The molecule has 1 aromatic heterocycles. The zero-order chi connectivity index (χ0) is 13.1. The van der Waals surface area contributed by atoms with Crippen LogP contribution in [-0.2, 0) is 4.74 Å². The second-order valence-corrected chi connectivity index (χ2v) is 4.70. The van der Waals surface area contributed by atoms with Crippen molar-refractivity contribution in [3.63, 3.8) is 0 Å². The zero-order valence-corrected chi connectivity index (χ0v) is 11.0. The maximum Gasteiger partial charge on any atom is 0.148 e. The number of nitrogens with one attached hydrogen (secondary N) is 1. The molecule has 0 saturated carbocycles. The van der Waals surface area contributed by atoms with Gasteiger partial charge < -0.3 is 10.1 Å². The van der Waals surface area contributed by atoms with Gasteiger partial charge in [0.1, 0.15) is 5.82 Å². The van der Waals surface area contributed by atoms with Gasteiger partial charge in [0.15, 0.2) is 0 Å². The van der Waals surface area contributed by atoms with Crippen molar-refractivity contribution >= 4 is 0 Å². The molecule has 1 aliphatic heterocycles. The topological polar surface area (TPSA) is 47.0 Å². The van der Waals surface area contributed by atoms with Crippen LogP contribution in [0.4, 0.5) is 0 Å². The van der Waals surface area contributed by atoms with Crippen LogP contribution in [0, 0.1) is 6.92 Å². The molecular weight excluding hydrogens is 238 g/mol. The summed E-state index contributed by atoms with van der Waals surface area (Å²) in [6.07, 6.45) is 0. The van der Waals surface area contributed by atoms with Crippen molar-refractivity contribution in [3.8, 4) is 11.3 Å². The molecule has 98 valence electrons. The highest BCUT2D eigenvalue weighted by Crippen LogP contribution is 2.20. The molecule has 4 nitrogen and oxygen atoms in total. The fraction of sp³-hybridized carbons (Fsp3) is 0.333. The van der Waals surface area contributed by atoms with Crippen molar-refractivity contribution in [2.24, 2.45) is 0 Å². The van der Waals surface area contributed by atoms with Gasteiger partial charge in [0, 0.05) is 17.8 Å². The summed E-state index contributed by atoms with van der Waals surface area (Å²) in [5.74, 6) is 0.818. The van der Waals surface area contributed by atoms with Crippen molar-refractivity contribution in [1.29, 1.82) is 0 Å². The first-order valence-electron chi connectivity index (χ1n) is 6.55. The van der Waals surface area contributed by atoms with E-state index in [4.69, 9.17) is 4.74 Å². The summed E-state index contributed by atoms with van der Waals surface area (Å²) in [4.78, 5) is 9.20. The highest BCUT2D eigenvalue weighted by molar-refractivity contribution is 5.59. The van der Waals surface area contributed by atoms with Crippen molar-refractivity contribution in [3.05, 3.63) is 47.9 Å². The Balaban J connectivity index is 1.96. The van der Waals surface area contributed by atoms with Gasteiger partial charge in [0.25, 0.3) is 0 Å². The standard InChI is InChI=1S/C15H17N3O/c1-11-9-13(12-5-3-2-4-6-12)18-15(17-11)14-10-19-8-7-16-14/h2-6,9,14,16H,7-8,10H2,1H3. The first kappa shape index (κ1) is 12.3. The molecule has 1 N–H and O–H groups in total. The van der Waals surface area contributed by atoms with E-state index in [-0.39, 0.29) is 6.04 Å². The third kappa shape index (κ3) is 2.80. The van der Waals surface area contributed by atoms with E-state index in [9.17, 15) is 0 Å². The second kappa shape index (κ2) is 5.47. The zero-order valence-electron chi connectivity index (χ0n) is 11.0. The fourth-order valence-corrected chi connectivity index (χ4v) is 2.24. The van der Waals surface area contributed by atoms with Crippen LogP contribution >= 0.6 is 0 Å². The minimum absolute atomic E-state index is 0.0936. The number of rotatable bonds is 2. The second-order valence-electron chi connectivity index (χ2n) is 4.70.